The van der Waals surface area contributed by atoms with Gasteiger partial charge < -0.3 is 20.3 Å². The zero-order chi connectivity index (χ0) is 12.4. The molecule has 3 N–H and O–H groups in total. The van der Waals surface area contributed by atoms with Crippen molar-refractivity contribution in [1.29, 1.82) is 0 Å². The average Bonchev–Trinajstić information content (AvgIpc) is 2.31. The van der Waals surface area contributed by atoms with E-state index >= 15 is 0 Å². The van der Waals surface area contributed by atoms with Crippen LogP contribution < -0.4 is 5.32 Å². The second kappa shape index (κ2) is 4.94. The van der Waals surface area contributed by atoms with Gasteiger partial charge in [0, 0.05) is 13.2 Å². The van der Waals surface area contributed by atoms with Crippen LogP contribution in [0.25, 0.3) is 0 Å². The second-order valence-corrected chi connectivity index (χ2v) is 4.58. The summed E-state index contributed by atoms with van der Waals surface area (Å²) in [6.45, 7) is 2.91. The van der Waals surface area contributed by atoms with Crippen molar-refractivity contribution in [3.8, 4) is 11.5 Å². The smallest absolute Gasteiger partial charge is 0.157 e. The molecule has 0 spiro atoms. The van der Waals surface area contributed by atoms with Crippen molar-refractivity contribution in [1.82, 2.24) is 5.32 Å². The number of nitrogens with one attached hydrogen (secondary N) is 1. The highest BCUT2D eigenvalue weighted by molar-refractivity contribution is 5.47. The minimum absolute atomic E-state index is 0.0378. The molecule has 1 aromatic carbocycles. The van der Waals surface area contributed by atoms with Crippen LogP contribution in [0.4, 0.5) is 0 Å². The summed E-state index contributed by atoms with van der Waals surface area (Å²) in [5, 5.41) is 22.5. The van der Waals surface area contributed by atoms with Crippen molar-refractivity contribution in [2.24, 2.45) is 0 Å². The van der Waals surface area contributed by atoms with Crippen LogP contribution >= 0.6 is 0 Å². The molecular weight excluding hydrogens is 218 g/mol. The number of rotatable bonds is 3. The molecule has 0 unspecified atom stereocenters. The van der Waals surface area contributed by atoms with Gasteiger partial charge in [-0.3, -0.25) is 0 Å². The highest BCUT2D eigenvalue weighted by Gasteiger charge is 2.23. The lowest BCUT2D eigenvalue weighted by Crippen LogP contribution is -2.32. The molecule has 2 rings (SSSR count). The first-order valence-electron chi connectivity index (χ1n) is 5.92. The van der Waals surface area contributed by atoms with Gasteiger partial charge >= 0.3 is 0 Å². The number of fused-ring (bicyclic) bond motifs is 1. The SMILES string of the molecule is CO[C@H](C)C[C@H]1NCCc2cc(O)c(O)cc21. The van der Waals surface area contributed by atoms with Gasteiger partial charge in [0.25, 0.3) is 0 Å². The third-order valence-corrected chi connectivity index (χ3v) is 3.37. The van der Waals surface area contributed by atoms with E-state index < -0.39 is 0 Å². The monoisotopic (exact) mass is 237 g/mol. The first kappa shape index (κ1) is 12.2. The molecule has 1 aliphatic heterocycles. The van der Waals surface area contributed by atoms with Crippen molar-refractivity contribution in [3.63, 3.8) is 0 Å². The van der Waals surface area contributed by atoms with Gasteiger partial charge in [-0.25, -0.2) is 0 Å². The molecule has 2 atom stereocenters. The minimum atomic E-state index is -0.0532. The van der Waals surface area contributed by atoms with Crippen LogP contribution in [0.1, 0.15) is 30.5 Å². The summed E-state index contributed by atoms with van der Waals surface area (Å²) in [7, 11) is 1.70. The molecular formula is C13H19NO3. The molecule has 1 aliphatic rings. The summed E-state index contributed by atoms with van der Waals surface area (Å²) in [5.74, 6) is -0.0910. The van der Waals surface area contributed by atoms with E-state index in [9.17, 15) is 10.2 Å². The number of hydrogen-bond acceptors (Lipinski definition) is 4. The topological polar surface area (TPSA) is 61.7 Å². The normalized spacial score (nSPS) is 20.9. The van der Waals surface area contributed by atoms with E-state index in [2.05, 4.69) is 5.32 Å². The predicted octanol–water partition coefficient (Wildman–Crippen LogP) is 1.71. The Hall–Kier alpha value is -1.26. The summed E-state index contributed by atoms with van der Waals surface area (Å²) in [5.41, 5.74) is 2.17. The van der Waals surface area contributed by atoms with E-state index in [1.54, 1.807) is 19.2 Å². The molecule has 0 radical (unpaired) electrons. The first-order chi connectivity index (χ1) is 8.11. The van der Waals surface area contributed by atoms with Crippen LogP contribution in [-0.4, -0.2) is 30.0 Å². The second-order valence-electron chi connectivity index (χ2n) is 4.58. The van der Waals surface area contributed by atoms with Crippen LogP contribution in [-0.2, 0) is 11.2 Å². The Balaban J connectivity index is 2.27. The first-order valence-corrected chi connectivity index (χ1v) is 5.92. The largest absolute Gasteiger partial charge is 0.504 e. The van der Waals surface area contributed by atoms with Gasteiger partial charge in [0.15, 0.2) is 11.5 Å². The predicted molar refractivity (Wildman–Crippen MR) is 65.3 cm³/mol. The number of phenols is 2. The number of ether oxygens (including phenoxy) is 1. The standard InChI is InChI=1S/C13H19NO3/c1-8(17-2)5-11-10-7-13(16)12(15)6-9(10)3-4-14-11/h6-8,11,14-16H,3-5H2,1-2H3/t8-,11-/m1/s1. The van der Waals surface area contributed by atoms with Gasteiger partial charge in [-0.15, -0.1) is 0 Å². The fraction of sp³-hybridized carbons (Fsp3) is 0.538. The van der Waals surface area contributed by atoms with Gasteiger partial charge in [-0.2, -0.15) is 0 Å². The molecule has 0 saturated heterocycles. The molecule has 4 nitrogen and oxygen atoms in total. The van der Waals surface area contributed by atoms with Gasteiger partial charge in [0.2, 0.25) is 0 Å². The fourth-order valence-corrected chi connectivity index (χ4v) is 2.31. The molecule has 0 saturated carbocycles. The quantitative estimate of drug-likeness (QED) is 0.700. The van der Waals surface area contributed by atoms with Gasteiger partial charge in [-0.1, -0.05) is 0 Å². The number of hydrogen-bond donors (Lipinski definition) is 3. The highest BCUT2D eigenvalue weighted by atomic mass is 16.5. The minimum Gasteiger partial charge on any atom is -0.504 e. The Bertz CT molecular complexity index is 406. The van der Waals surface area contributed by atoms with Crippen molar-refractivity contribution in [2.75, 3.05) is 13.7 Å². The Morgan fingerprint density at radius 2 is 2.12 bits per heavy atom. The van der Waals surface area contributed by atoms with Crippen molar-refractivity contribution < 1.29 is 14.9 Å². The number of benzene rings is 1. The lowest BCUT2D eigenvalue weighted by Gasteiger charge is -2.29. The van der Waals surface area contributed by atoms with Crippen LogP contribution in [0.5, 0.6) is 11.5 Å². The Kier molecular flexibility index (Phi) is 3.54. The zero-order valence-electron chi connectivity index (χ0n) is 10.2. The molecule has 0 aliphatic carbocycles. The van der Waals surface area contributed by atoms with Crippen LogP contribution in [0.15, 0.2) is 12.1 Å². The molecule has 4 heteroatoms. The van der Waals surface area contributed by atoms with E-state index in [0.29, 0.717) is 0 Å². The molecule has 0 bridgehead atoms. The van der Waals surface area contributed by atoms with Crippen molar-refractivity contribution >= 4 is 0 Å². The zero-order valence-corrected chi connectivity index (χ0v) is 10.2. The molecule has 0 fully saturated rings. The third kappa shape index (κ3) is 2.53. The van der Waals surface area contributed by atoms with Crippen LogP contribution in [0.2, 0.25) is 0 Å². The molecule has 0 amide bonds. The maximum atomic E-state index is 9.58. The summed E-state index contributed by atoms with van der Waals surface area (Å²) < 4.78 is 5.27. The van der Waals surface area contributed by atoms with Gasteiger partial charge in [0.1, 0.15) is 0 Å². The maximum absolute atomic E-state index is 9.58. The Labute approximate surface area is 101 Å². The van der Waals surface area contributed by atoms with Crippen molar-refractivity contribution in [3.05, 3.63) is 23.3 Å². The molecule has 17 heavy (non-hydrogen) atoms. The van der Waals surface area contributed by atoms with Crippen LogP contribution in [0, 0.1) is 0 Å². The summed E-state index contributed by atoms with van der Waals surface area (Å²) in [6.07, 6.45) is 1.89. The summed E-state index contributed by atoms with van der Waals surface area (Å²) in [6, 6.07) is 3.50. The Morgan fingerprint density at radius 1 is 1.41 bits per heavy atom. The summed E-state index contributed by atoms with van der Waals surface area (Å²) in [4.78, 5) is 0. The van der Waals surface area contributed by atoms with E-state index in [1.165, 1.54) is 0 Å². The maximum Gasteiger partial charge on any atom is 0.157 e. The lowest BCUT2D eigenvalue weighted by molar-refractivity contribution is 0.0995. The van der Waals surface area contributed by atoms with E-state index in [-0.39, 0.29) is 23.6 Å². The average molecular weight is 237 g/mol. The molecule has 0 aromatic heterocycles. The third-order valence-electron chi connectivity index (χ3n) is 3.37. The molecule has 1 heterocycles. The lowest BCUT2D eigenvalue weighted by atomic mass is 9.90. The van der Waals surface area contributed by atoms with Crippen LogP contribution in [0.3, 0.4) is 0 Å². The van der Waals surface area contributed by atoms with E-state index in [4.69, 9.17) is 4.74 Å². The molecule has 1 aromatic rings. The number of methoxy groups -OCH3 is 1. The fourth-order valence-electron chi connectivity index (χ4n) is 2.31. The van der Waals surface area contributed by atoms with Gasteiger partial charge in [-0.05, 0) is 49.6 Å². The van der Waals surface area contributed by atoms with Crippen molar-refractivity contribution in [2.45, 2.75) is 31.9 Å². The number of aromatic hydroxyl groups is 2. The van der Waals surface area contributed by atoms with E-state index in [1.807, 2.05) is 6.92 Å². The van der Waals surface area contributed by atoms with E-state index in [0.717, 1.165) is 30.5 Å². The van der Waals surface area contributed by atoms with Gasteiger partial charge in [0.05, 0.1) is 6.10 Å². The molecule has 94 valence electrons. The number of phenolic OH excluding ortho intramolecular Hbond substituents is 2. The Morgan fingerprint density at radius 3 is 2.82 bits per heavy atom. The highest BCUT2D eigenvalue weighted by Crippen LogP contribution is 2.35. The summed E-state index contributed by atoms with van der Waals surface area (Å²) >= 11 is 0.